The van der Waals surface area contributed by atoms with Gasteiger partial charge in [-0.1, -0.05) is 142 Å². The Morgan fingerprint density at radius 1 is 0.619 bits per heavy atom. The van der Waals surface area contributed by atoms with Crippen molar-refractivity contribution in [3.63, 3.8) is 0 Å². The van der Waals surface area contributed by atoms with Crippen LogP contribution in [-0.4, -0.2) is 6.04 Å². The van der Waals surface area contributed by atoms with Gasteiger partial charge in [0, 0.05) is 0 Å². The van der Waals surface area contributed by atoms with E-state index in [1.54, 1.807) is 12.2 Å². The van der Waals surface area contributed by atoms with Gasteiger partial charge < -0.3 is 5.73 Å². The summed E-state index contributed by atoms with van der Waals surface area (Å²) < 4.78 is 0. The Morgan fingerprint density at radius 3 is 1.74 bits per heavy atom. The van der Waals surface area contributed by atoms with E-state index < -0.39 is 6.04 Å². The second kappa shape index (κ2) is 11.9. The van der Waals surface area contributed by atoms with E-state index in [0.29, 0.717) is 0 Å². The summed E-state index contributed by atoms with van der Waals surface area (Å²) in [5.41, 5.74) is 16.1. The fourth-order valence-electron chi connectivity index (χ4n) is 5.96. The zero-order valence-corrected chi connectivity index (χ0v) is 23.6. The van der Waals surface area contributed by atoms with Gasteiger partial charge in [0.15, 0.2) is 0 Å². The molecule has 1 atom stereocenters. The summed E-state index contributed by atoms with van der Waals surface area (Å²) in [6.45, 7) is 20.7. The minimum Gasteiger partial charge on any atom is -0.313 e. The molecule has 1 unspecified atom stereocenters. The highest BCUT2D eigenvalue weighted by Gasteiger charge is 2.22. The van der Waals surface area contributed by atoms with Crippen molar-refractivity contribution in [2.75, 3.05) is 0 Å². The lowest BCUT2D eigenvalue weighted by molar-refractivity contribution is 1.04. The molecule has 0 bridgehead atoms. The molecule has 2 N–H and O–H groups in total. The van der Waals surface area contributed by atoms with Crippen LogP contribution in [0.5, 0.6) is 0 Å². The van der Waals surface area contributed by atoms with Gasteiger partial charge in [0.2, 0.25) is 0 Å². The second-order valence-corrected chi connectivity index (χ2v) is 9.94. The molecule has 5 aromatic carbocycles. The average Bonchev–Trinajstić information content (AvgIpc) is 3.05. The zero-order valence-electron chi connectivity index (χ0n) is 23.6. The fourth-order valence-corrected chi connectivity index (χ4v) is 5.96. The minimum absolute atomic E-state index is 0.726. The maximum atomic E-state index is 9.33. The van der Waals surface area contributed by atoms with E-state index in [9.17, 15) is 5.26 Å². The SMILES string of the molecule is C=C/C(=C\C(N)C#N)c1ccc(-c2c(C=C)c(C=C)c(-c3cccc(C=C)c3C=C)c3ccccc23)c2ccccc12. The third-order valence-corrected chi connectivity index (χ3v) is 7.77. The van der Waals surface area contributed by atoms with Crippen molar-refractivity contribution >= 4 is 51.4 Å². The van der Waals surface area contributed by atoms with Crippen LogP contribution in [0.25, 0.3) is 73.7 Å². The number of allylic oxidation sites excluding steroid dienone is 2. The quantitative estimate of drug-likeness (QED) is 0.189. The molecular weight excluding hydrogens is 508 g/mol. The predicted molar refractivity (Wildman–Crippen MR) is 184 cm³/mol. The molecule has 0 radical (unpaired) electrons. The first kappa shape index (κ1) is 28.1. The number of nitrogens with two attached hydrogens (primary N) is 1. The van der Waals surface area contributed by atoms with Crippen molar-refractivity contribution in [3.8, 4) is 28.3 Å². The Hall–Kier alpha value is -5.49. The fraction of sp³-hybridized carbons (Fsp3) is 0.0250. The molecule has 2 heteroatoms. The van der Waals surface area contributed by atoms with E-state index in [1.807, 2.05) is 36.4 Å². The standard InChI is InChI=1S/C40H32N2/c1-6-26-16-15-21-35(29(26)8-3)39-30(9-4)31(10-5)40(37-20-14-13-19-36(37)39)38-23-22-32(27(7-2)24-28(42)25-41)33-17-11-12-18-34(33)38/h6-24,28H,1-5,42H2/b27-24+. The molecule has 202 valence electrons. The molecule has 0 saturated carbocycles. The highest BCUT2D eigenvalue weighted by molar-refractivity contribution is 6.16. The second-order valence-electron chi connectivity index (χ2n) is 9.94. The molecule has 5 aromatic rings. The van der Waals surface area contributed by atoms with E-state index in [-0.39, 0.29) is 0 Å². The Labute approximate surface area is 248 Å². The lowest BCUT2D eigenvalue weighted by Crippen LogP contribution is -2.13. The molecule has 0 heterocycles. The Bertz CT molecular complexity index is 2000. The first-order valence-electron chi connectivity index (χ1n) is 13.8. The van der Waals surface area contributed by atoms with Gasteiger partial charge in [0.05, 0.1) is 6.07 Å². The Morgan fingerprint density at radius 2 is 1.19 bits per heavy atom. The van der Waals surface area contributed by atoms with Crippen molar-refractivity contribution in [3.05, 3.63) is 152 Å². The third kappa shape index (κ3) is 4.63. The number of nitrogens with zero attached hydrogens (tertiary/aromatic N) is 1. The predicted octanol–water partition coefficient (Wildman–Crippen LogP) is 10.3. The zero-order chi connectivity index (χ0) is 29.8. The van der Waals surface area contributed by atoms with E-state index in [1.165, 1.54) is 0 Å². The van der Waals surface area contributed by atoms with Gasteiger partial charge in [-0.3, -0.25) is 0 Å². The smallest absolute Gasteiger partial charge is 0.112 e. The summed E-state index contributed by atoms with van der Waals surface area (Å²) in [7, 11) is 0. The van der Waals surface area contributed by atoms with Crippen LogP contribution in [-0.2, 0) is 0 Å². The number of rotatable bonds is 9. The van der Waals surface area contributed by atoms with Gasteiger partial charge in [-0.2, -0.15) is 5.26 Å². The number of benzene rings is 5. The van der Waals surface area contributed by atoms with Gasteiger partial charge in [-0.25, -0.2) is 0 Å². The summed E-state index contributed by atoms with van der Waals surface area (Å²) in [6, 6.07) is 28.6. The molecule has 42 heavy (non-hydrogen) atoms. The molecule has 2 nitrogen and oxygen atoms in total. The summed E-state index contributed by atoms with van der Waals surface area (Å²) in [4.78, 5) is 0. The molecular formula is C40H32N2. The average molecular weight is 541 g/mol. The number of hydrogen-bond acceptors (Lipinski definition) is 2. The third-order valence-electron chi connectivity index (χ3n) is 7.77. The lowest BCUT2D eigenvalue weighted by Gasteiger charge is -2.23. The van der Waals surface area contributed by atoms with E-state index in [2.05, 4.69) is 106 Å². The molecule has 0 amide bonds. The molecule has 0 saturated heterocycles. The summed E-state index contributed by atoms with van der Waals surface area (Å²) in [5.74, 6) is 0. The van der Waals surface area contributed by atoms with Gasteiger partial charge in [0.25, 0.3) is 0 Å². The van der Waals surface area contributed by atoms with E-state index in [0.717, 1.165) is 77.2 Å². The van der Waals surface area contributed by atoms with Crippen LogP contribution in [0.1, 0.15) is 27.8 Å². The molecule has 0 spiro atoms. The molecule has 0 aliphatic carbocycles. The maximum Gasteiger partial charge on any atom is 0.112 e. The van der Waals surface area contributed by atoms with E-state index in [4.69, 9.17) is 5.73 Å². The highest BCUT2D eigenvalue weighted by atomic mass is 14.6. The summed E-state index contributed by atoms with van der Waals surface area (Å²) >= 11 is 0. The maximum absolute atomic E-state index is 9.33. The monoisotopic (exact) mass is 540 g/mol. The van der Waals surface area contributed by atoms with Crippen molar-refractivity contribution in [1.29, 1.82) is 5.26 Å². The van der Waals surface area contributed by atoms with Crippen molar-refractivity contribution in [1.82, 2.24) is 0 Å². The summed E-state index contributed by atoms with van der Waals surface area (Å²) in [5, 5.41) is 13.7. The first-order valence-corrected chi connectivity index (χ1v) is 13.8. The van der Waals surface area contributed by atoms with Gasteiger partial charge in [-0.15, -0.1) is 0 Å². The number of fused-ring (bicyclic) bond motifs is 2. The van der Waals surface area contributed by atoms with Gasteiger partial charge >= 0.3 is 0 Å². The number of hydrogen-bond donors (Lipinski definition) is 1. The molecule has 0 fully saturated rings. The molecule has 0 aliphatic rings. The molecule has 5 rings (SSSR count). The summed E-state index contributed by atoms with van der Waals surface area (Å²) in [6.07, 6.45) is 11.1. The van der Waals surface area contributed by atoms with Crippen LogP contribution in [0, 0.1) is 11.3 Å². The Kier molecular flexibility index (Phi) is 7.98. The van der Waals surface area contributed by atoms with Gasteiger partial charge in [0.1, 0.15) is 6.04 Å². The lowest BCUT2D eigenvalue weighted by atomic mass is 9.80. The number of nitriles is 1. The Balaban J connectivity index is 1.94. The van der Waals surface area contributed by atoms with Gasteiger partial charge in [-0.05, 0) is 83.3 Å². The molecule has 0 aliphatic heterocycles. The normalized spacial score (nSPS) is 12.0. The van der Waals surface area contributed by atoms with Crippen LogP contribution in [0.15, 0.2) is 124 Å². The van der Waals surface area contributed by atoms with Crippen molar-refractivity contribution < 1.29 is 0 Å². The van der Waals surface area contributed by atoms with Crippen LogP contribution in [0.3, 0.4) is 0 Å². The van der Waals surface area contributed by atoms with Crippen LogP contribution in [0.2, 0.25) is 0 Å². The van der Waals surface area contributed by atoms with Crippen molar-refractivity contribution in [2.45, 2.75) is 6.04 Å². The van der Waals surface area contributed by atoms with E-state index >= 15 is 0 Å². The van der Waals surface area contributed by atoms with Crippen LogP contribution >= 0.6 is 0 Å². The van der Waals surface area contributed by atoms with Crippen molar-refractivity contribution in [2.24, 2.45) is 5.73 Å². The first-order chi connectivity index (χ1) is 20.5. The topological polar surface area (TPSA) is 49.8 Å². The van der Waals surface area contributed by atoms with Crippen LogP contribution < -0.4 is 5.73 Å². The molecule has 0 aromatic heterocycles. The largest absolute Gasteiger partial charge is 0.313 e. The highest BCUT2D eigenvalue weighted by Crippen LogP contribution is 2.46. The minimum atomic E-state index is -0.726. The van der Waals surface area contributed by atoms with Crippen LogP contribution in [0.4, 0.5) is 0 Å².